The van der Waals surface area contributed by atoms with Crippen molar-refractivity contribution in [1.29, 1.82) is 0 Å². The van der Waals surface area contributed by atoms with Gasteiger partial charge in [-0.2, -0.15) is 10.2 Å². The van der Waals surface area contributed by atoms with E-state index >= 15 is 0 Å². The molecule has 0 aromatic heterocycles. The smallest absolute Gasteiger partial charge is 0.162 e. The van der Waals surface area contributed by atoms with E-state index in [1.54, 1.807) is 12.1 Å². The predicted molar refractivity (Wildman–Crippen MR) is 70.0 cm³/mol. The third-order valence-electron chi connectivity index (χ3n) is 2.48. The number of hydrogen-bond acceptors (Lipinski definition) is 4. The zero-order chi connectivity index (χ0) is 13.0. The van der Waals surface area contributed by atoms with Crippen LogP contribution >= 0.6 is 0 Å². The van der Waals surface area contributed by atoms with E-state index in [2.05, 4.69) is 10.2 Å². The van der Waals surface area contributed by atoms with Crippen molar-refractivity contribution < 1.29 is 9.84 Å². The summed E-state index contributed by atoms with van der Waals surface area (Å²) >= 11 is 0. The molecule has 92 valence electrons. The summed E-state index contributed by atoms with van der Waals surface area (Å²) in [6.45, 7) is 2.02. The number of phenols is 1. The molecule has 0 fully saturated rings. The van der Waals surface area contributed by atoms with Crippen LogP contribution in [0.15, 0.2) is 52.7 Å². The Morgan fingerprint density at radius 3 is 2.22 bits per heavy atom. The van der Waals surface area contributed by atoms with Crippen molar-refractivity contribution in [2.45, 2.75) is 6.92 Å². The Bertz CT molecular complexity index is 563. The van der Waals surface area contributed by atoms with E-state index < -0.39 is 0 Å². The third kappa shape index (κ3) is 2.85. The second-order valence-corrected chi connectivity index (χ2v) is 3.89. The zero-order valence-corrected chi connectivity index (χ0v) is 10.3. The summed E-state index contributed by atoms with van der Waals surface area (Å²) in [6.07, 6.45) is 0. The van der Waals surface area contributed by atoms with E-state index in [0.717, 1.165) is 5.69 Å². The number of methoxy groups -OCH3 is 1. The molecule has 0 saturated heterocycles. The molecule has 4 nitrogen and oxygen atoms in total. The first-order valence-corrected chi connectivity index (χ1v) is 5.54. The highest BCUT2D eigenvalue weighted by Gasteiger charge is 2.01. The maximum Gasteiger partial charge on any atom is 0.162 e. The molecule has 4 heteroatoms. The van der Waals surface area contributed by atoms with Crippen molar-refractivity contribution in [3.05, 3.63) is 48.0 Å². The number of aromatic hydroxyl groups is 1. The fourth-order valence-electron chi connectivity index (χ4n) is 1.46. The topological polar surface area (TPSA) is 54.2 Å². The highest BCUT2D eigenvalue weighted by molar-refractivity contribution is 5.51. The highest BCUT2D eigenvalue weighted by Crippen LogP contribution is 2.30. The zero-order valence-electron chi connectivity index (χ0n) is 10.3. The Morgan fingerprint density at radius 1 is 0.944 bits per heavy atom. The van der Waals surface area contributed by atoms with Gasteiger partial charge in [0.2, 0.25) is 0 Å². The molecule has 0 spiro atoms. The van der Waals surface area contributed by atoms with Crippen LogP contribution in [-0.4, -0.2) is 12.2 Å². The van der Waals surface area contributed by atoms with Crippen molar-refractivity contribution in [3.63, 3.8) is 0 Å². The van der Waals surface area contributed by atoms with Crippen LogP contribution in [0.4, 0.5) is 11.4 Å². The molecule has 18 heavy (non-hydrogen) atoms. The first-order chi connectivity index (χ1) is 8.69. The number of hydrogen-bond donors (Lipinski definition) is 1. The summed E-state index contributed by atoms with van der Waals surface area (Å²) < 4.78 is 5.00. The average Bonchev–Trinajstić information content (AvgIpc) is 2.39. The minimum atomic E-state index is 0.0896. The van der Waals surface area contributed by atoms with Crippen molar-refractivity contribution >= 4 is 11.4 Å². The van der Waals surface area contributed by atoms with Crippen LogP contribution in [0.2, 0.25) is 0 Å². The Labute approximate surface area is 106 Å². The molecule has 2 aromatic carbocycles. The van der Waals surface area contributed by atoms with Gasteiger partial charge in [0.25, 0.3) is 0 Å². The third-order valence-corrected chi connectivity index (χ3v) is 2.48. The van der Waals surface area contributed by atoms with Gasteiger partial charge >= 0.3 is 0 Å². The van der Waals surface area contributed by atoms with Crippen LogP contribution in [0.25, 0.3) is 0 Å². The van der Waals surface area contributed by atoms with Crippen LogP contribution in [0.1, 0.15) is 5.56 Å². The lowest BCUT2D eigenvalue weighted by Crippen LogP contribution is -1.82. The van der Waals surface area contributed by atoms with E-state index in [-0.39, 0.29) is 5.75 Å². The molecule has 0 aliphatic rings. The van der Waals surface area contributed by atoms with Crippen LogP contribution in [-0.2, 0) is 0 Å². The maximum absolute atomic E-state index is 9.45. The van der Waals surface area contributed by atoms with Crippen molar-refractivity contribution in [1.82, 2.24) is 0 Å². The number of rotatable bonds is 3. The molecule has 0 aliphatic carbocycles. The molecule has 2 aromatic rings. The minimum absolute atomic E-state index is 0.0896. The van der Waals surface area contributed by atoms with Crippen LogP contribution in [0.3, 0.4) is 0 Å². The predicted octanol–water partition coefficient (Wildman–Crippen LogP) is 4.12. The number of phenolic OH excluding ortho intramolecular Hbond substituents is 1. The largest absolute Gasteiger partial charge is 0.504 e. The summed E-state index contributed by atoms with van der Waals surface area (Å²) in [7, 11) is 1.50. The number of azo groups is 1. The summed E-state index contributed by atoms with van der Waals surface area (Å²) in [5.74, 6) is 0.474. The van der Waals surface area contributed by atoms with Gasteiger partial charge < -0.3 is 9.84 Å². The first kappa shape index (κ1) is 12.1. The van der Waals surface area contributed by atoms with Gasteiger partial charge in [-0.3, -0.25) is 0 Å². The van der Waals surface area contributed by atoms with Crippen molar-refractivity contribution in [2.75, 3.05) is 7.11 Å². The van der Waals surface area contributed by atoms with Gasteiger partial charge in [-0.15, -0.1) is 0 Å². The van der Waals surface area contributed by atoms with E-state index in [4.69, 9.17) is 4.74 Å². The maximum atomic E-state index is 9.45. The average molecular weight is 242 g/mol. The minimum Gasteiger partial charge on any atom is -0.504 e. The summed E-state index contributed by atoms with van der Waals surface area (Å²) in [6, 6.07) is 12.6. The monoisotopic (exact) mass is 242 g/mol. The molecule has 0 heterocycles. The number of aryl methyl sites for hydroxylation is 1. The molecule has 0 atom stereocenters. The van der Waals surface area contributed by atoms with Gasteiger partial charge in [0.05, 0.1) is 18.5 Å². The van der Waals surface area contributed by atoms with Gasteiger partial charge in [-0.05, 0) is 31.2 Å². The van der Waals surface area contributed by atoms with Crippen molar-refractivity contribution in [3.8, 4) is 11.5 Å². The summed E-state index contributed by atoms with van der Waals surface area (Å²) in [4.78, 5) is 0. The molecule has 0 aliphatic heterocycles. The molecule has 0 saturated carbocycles. The standard InChI is InChI=1S/C14H14N2O2/c1-10-3-5-11(6-4-10)15-16-12-7-8-13(17)14(9-12)18-2/h3-9,17H,1-2H3. The molecule has 1 N–H and O–H groups in total. The fourth-order valence-corrected chi connectivity index (χ4v) is 1.46. The van der Waals surface area contributed by atoms with Crippen molar-refractivity contribution in [2.24, 2.45) is 10.2 Å². The molecule has 2 rings (SSSR count). The van der Waals surface area contributed by atoms with Gasteiger partial charge in [-0.25, -0.2) is 0 Å². The first-order valence-electron chi connectivity index (χ1n) is 5.54. The second kappa shape index (κ2) is 5.31. The van der Waals surface area contributed by atoms with Gasteiger partial charge in [0, 0.05) is 6.07 Å². The lowest BCUT2D eigenvalue weighted by atomic mass is 10.2. The van der Waals surface area contributed by atoms with Gasteiger partial charge in [-0.1, -0.05) is 17.7 Å². The van der Waals surface area contributed by atoms with Gasteiger partial charge in [0.15, 0.2) is 11.5 Å². The Hall–Kier alpha value is -2.36. The molecule has 0 radical (unpaired) electrons. The lowest BCUT2D eigenvalue weighted by molar-refractivity contribution is 0.373. The second-order valence-electron chi connectivity index (χ2n) is 3.89. The Balaban J connectivity index is 2.20. The van der Waals surface area contributed by atoms with E-state index in [0.29, 0.717) is 11.4 Å². The summed E-state index contributed by atoms with van der Waals surface area (Å²) in [5, 5.41) is 17.7. The number of ether oxygens (including phenoxy) is 1. The SMILES string of the molecule is COc1cc(N=Nc2ccc(C)cc2)ccc1O. The Kier molecular flexibility index (Phi) is 3.57. The number of benzene rings is 2. The number of nitrogens with zero attached hydrogens (tertiary/aromatic N) is 2. The quantitative estimate of drug-likeness (QED) is 0.823. The Morgan fingerprint density at radius 2 is 1.56 bits per heavy atom. The molecule has 0 amide bonds. The molecule has 0 bridgehead atoms. The lowest BCUT2D eigenvalue weighted by Gasteiger charge is -2.02. The summed E-state index contributed by atoms with van der Waals surface area (Å²) in [5.41, 5.74) is 2.60. The van der Waals surface area contributed by atoms with Crippen LogP contribution in [0.5, 0.6) is 11.5 Å². The molecular weight excluding hydrogens is 228 g/mol. The molecule has 0 unspecified atom stereocenters. The van der Waals surface area contributed by atoms with Gasteiger partial charge in [0.1, 0.15) is 0 Å². The van der Waals surface area contributed by atoms with E-state index in [9.17, 15) is 5.11 Å². The normalized spacial score (nSPS) is 10.8. The van der Waals surface area contributed by atoms with E-state index in [1.807, 2.05) is 31.2 Å². The fraction of sp³-hybridized carbons (Fsp3) is 0.143. The van der Waals surface area contributed by atoms with Crippen LogP contribution < -0.4 is 4.74 Å². The van der Waals surface area contributed by atoms with E-state index in [1.165, 1.54) is 18.7 Å². The van der Waals surface area contributed by atoms with Crippen LogP contribution in [0, 0.1) is 6.92 Å². The highest BCUT2D eigenvalue weighted by atomic mass is 16.5. The molecular formula is C14H14N2O2.